The Balaban J connectivity index is 1.58. The Morgan fingerprint density at radius 2 is 2.08 bits per heavy atom. The average Bonchev–Trinajstić information content (AvgIpc) is 3.26. The molecule has 2 fully saturated rings. The van der Waals surface area contributed by atoms with Crippen LogP contribution in [0.15, 0.2) is 23.8 Å². The largest absolute Gasteiger partial charge is 0.497 e. The van der Waals surface area contributed by atoms with Gasteiger partial charge in [-0.05, 0) is 73.3 Å². The number of hydrogen-bond donors (Lipinski definition) is 0. The highest BCUT2D eigenvalue weighted by Crippen LogP contribution is 2.80. The summed E-state index contributed by atoms with van der Waals surface area (Å²) in [4.78, 5) is 11.6. The van der Waals surface area contributed by atoms with Crippen LogP contribution in [0.3, 0.4) is 0 Å². The Morgan fingerprint density at radius 1 is 1.24 bits per heavy atom. The molecule has 3 heteroatoms. The minimum atomic E-state index is -0.122. The lowest BCUT2D eigenvalue weighted by atomic mass is 9.59. The average molecular weight is 338 g/mol. The molecule has 0 N–H and O–H groups in total. The molecule has 4 atom stereocenters. The van der Waals surface area contributed by atoms with Crippen LogP contribution in [0.25, 0.3) is 5.57 Å². The van der Waals surface area contributed by atoms with Crippen LogP contribution in [0.4, 0.5) is 0 Å². The van der Waals surface area contributed by atoms with E-state index in [-0.39, 0.29) is 17.5 Å². The van der Waals surface area contributed by atoms with Gasteiger partial charge in [0.25, 0.3) is 0 Å². The zero-order chi connectivity index (χ0) is 17.4. The van der Waals surface area contributed by atoms with Gasteiger partial charge < -0.3 is 9.47 Å². The minimum Gasteiger partial charge on any atom is -0.497 e. The number of allylic oxidation sites excluding steroid dienone is 2. The number of esters is 1. The second kappa shape index (κ2) is 4.90. The second-order valence-corrected chi connectivity index (χ2v) is 8.60. The van der Waals surface area contributed by atoms with Crippen molar-refractivity contribution < 1.29 is 14.3 Å². The Labute approximate surface area is 149 Å². The summed E-state index contributed by atoms with van der Waals surface area (Å²) in [5.41, 5.74) is 6.60. The molecule has 25 heavy (non-hydrogen) atoms. The predicted molar refractivity (Wildman–Crippen MR) is 96.3 cm³/mol. The first-order chi connectivity index (χ1) is 12.0. The van der Waals surface area contributed by atoms with Gasteiger partial charge in [-0.2, -0.15) is 0 Å². The number of carbonyl (C=O) groups excluding carboxylic acids is 1. The van der Waals surface area contributed by atoms with E-state index in [1.165, 1.54) is 17.5 Å². The van der Waals surface area contributed by atoms with E-state index in [1.54, 1.807) is 25.2 Å². The standard InChI is InChI=1S/C22H26O3/c1-13(23)25-20-11-15-12-22(15)19-7-4-14-10-16(24-3)5-6-17(14)18(19)8-9-21(20,22)2/h5-6,10,15,20H,4,7-9,11-12H2,1-3H3/t15-,20-,21-,22+/m1/s1. The van der Waals surface area contributed by atoms with Crippen molar-refractivity contribution in [2.75, 3.05) is 7.11 Å². The van der Waals surface area contributed by atoms with E-state index in [0.717, 1.165) is 37.9 Å². The van der Waals surface area contributed by atoms with E-state index < -0.39 is 0 Å². The van der Waals surface area contributed by atoms with E-state index in [1.807, 2.05) is 0 Å². The first-order valence-corrected chi connectivity index (χ1v) is 9.56. The van der Waals surface area contributed by atoms with Crippen LogP contribution in [0, 0.1) is 16.7 Å². The van der Waals surface area contributed by atoms with Gasteiger partial charge in [0.05, 0.1) is 7.11 Å². The van der Waals surface area contributed by atoms with Crippen molar-refractivity contribution >= 4 is 11.5 Å². The van der Waals surface area contributed by atoms with Crippen molar-refractivity contribution in [1.29, 1.82) is 0 Å². The van der Waals surface area contributed by atoms with Gasteiger partial charge in [0.1, 0.15) is 11.9 Å². The van der Waals surface area contributed by atoms with Crippen molar-refractivity contribution in [2.24, 2.45) is 16.7 Å². The number of aryl methyl sites for hydroxylation is 1. The van der Waals surface area contributed by atoms with E-state index in [2.05, 4.69) is 25.1 Å². The predicted octanol–water partition coefficient (Wildman–Crippen LogP) is 4.54. The summed E-state index contributed by atoms with van der Waals surface area (Å²) < 4.78 is 11.2. The van der Waals surface area contributed by atoms with Gasteiger partial charge in [-0.15, -0.1) is 0 Å². The smallest absolute Gasteiger partial charge is 0.302 e. The number of fused-ring (bicyclic) bond motifs is 2. The Morgan fingerprint density at radius 3 is 2.84 bits per heavy atom. The third-order valence-electron chi connectivity index (χ3n) is 7.72. The van der Waals surface area contributed by atoms with Gasteiger partial charge in [-0.1, -0.05) is 18.6 Å². The Kier molecular flexibility index (Phi) is 3.03. The van der Waals surface area contributed by atoms with Crippen LogP contribution in [-0.2, 0) is 16.0 Å². The highest BCUT2D eigenvalue weighted by molar-refractivity contribution is 5.77. The second-order valence-electron chi connectivity index (χ2n) is 8.60. The maximum Gasteiger partial charge on any atom is 0.302 e. The number of carbonyl (C=O) groups is 1. The normalized spacial score (nSPS) is 37.6. The summed E-state index contributed by atoms with van der Waals surface area (Å²) >= 11 is 0. The van der Waals surface area contributed by atoms with Crippen LogP contribution in [0.1, 0.15) is 57.1 Å². The van der Waals surface area contributed by atoms with Gasteiger partial charge in [-0.3, -0.25) is 4.79 Å². The lowest BCUT2D eigenvalue weighted by Gasteiger charge is -2.47. The van der Waals surface area contributed by atoms with Gasteiger partial charge in [0.15, 0.2) is 0 Å². The molecule has 0 saturated heterocycles. The first-order valence-electron chi connectivity index (χ1n) is 9.56. The molecule has 0 unspecified atom stereocenters. The maximum atomic E-state index is 11.6. The summed E-state index contributed by atoms with van der Waals surface area (Å²) in [5, 5.41) is 0. The number of methoxy groups -OCH3 is 1. The van der Waals surface area contributed by atoms with Crippen LogP contribution in [-0.4, -0.2) is 19.2 Å². The van der Waals surface area contributed by atoms with E-state index in [4.69, 9.17) is 9.47 Å². The van der Waals surface area contributed by atoms with Crippen molar-refractivity contribution in [1.82, 2.24) is 0 Å². The molecule has 3 nitrogen and oxygen atoms in total. The molecule has 1 aromatic rings. The van der Waals surface area contributed by atoms with Gasteiger partial charge >= 0.3 is 5.97 Å². The highest BCUT2D eigenvalue weighted by atomic mass is 16.5. The molecular weight excluding hydrogens is 312 g/mol. The molecule has 5 rings (SSSR count). The zero-order valence-electron chi connectivity index (χ0n) is 15.4. The molecule has 4 aliphatic rings. The number of hydrogen-bond acceptors (Lipinski definition) is 3. The van der Waals surface area contributed by atoms with Gasteiger partial charge in [0, 0.05) is 17.8 Å². The molecule has 0 aliphatic heterocycles. The molecular formula is C22H26O3. The van der Waals surface area contributed by atoms with E-state index >= 15 is 0 Å². The molecule has 132 valence electrons. The lowest BCUT2D eigenvalue weighted by molar-refractivity contribution is -0.154. The van der Waals surface area contributed by atoms with Gasteiger partial charge in [0.2, 0.25) is 0 Å². The lowest BCUT2D eigenvalue weighted by Crippen LogP contribution is -2.43. The zero-order valence-corrected chi connectivity index (χ0v) is 15.4. The fourth-order valence-corrected chi connectivity index (χ4v) is 6.53. The molecule has 1 spiro atoms. The van der Waals surface area contributed by atoms with Crippen molar-refractivity contribution in [3.05, 3.63) is 34.9 Å². The fraction of sp³-hybridized carbons (Fsp3) is 0.591. The molecule has 2 saturated carbocycles. The molecule has 0 heterocycles. The number of ether oxygens (including phenoxy) is 2. The highest BCUT2D eigenvalue weighted by Gasteiger charge is 2.75. The van der Waals surface area contributed by atoms with Crippen LogP contribution < -0.4 is 4.74 Å². The number of benzene rings is 1. The Bertz CT molecular complexity index is 807. The maximum absolute atomic E-state index is 11.6. The molecule has 4 aliphatic carbocycles. The quantitative estimate of drug-likeness (QED) is 0.743. The van der Waals surface area contributed by atoms with Crippen molar-refractivity contribution in [3.8, 4) is 5.75 Å². The molecule has 0 aromatic heterocycles. The van der Waals surface area contributed by atoms with Gasteiger partial charge in [-0.25, -0.2) is 0 Å². The topological polar surface area (TPSA) is 35.5 Å². The van der Waals surface area contributed by atoms with Crippen molar-refractivity contribution in [3.63, 3.8) is 0 Å². The molecule has 1 aromatic carbocycles. The Hall–Kier alpha value is -1.77. The van der Waals surface area contributed by atoms with Crippen LogP contribution >= 0.6 is 0 Å². The third kappa shape index (κ3) is 1.84. The van der Waals surface area contributed by atoms with E-state index in [0.29, 0.717) is 11.3 Å². The van der Waals surface area contributed by atoms with Crippen molar-refractivity contribution in [2.45, 2.75) is 58.5 Å². The monoisotopic (exact) mass is 338 g/mol. The summed E-state index contributed by atoms with van der Waals surface area (Å²) in [6.45, 7) is 3.94. The summed E-state index contributed by atoms with van der Waals surface area (Å²) in [6.07, 6.45) is 6.97. The molecule has 0 radical (unpaired) electrons. The SMILES string of the molecule is COc1ccc2c(c1)CCC1=C2CC[C@]2(C)[C@H](OC(C)=O)C[C@@H]3C[C@@]132. The summed E-state index contributed by atoms with van der Waals surface area (Å²) in [7, 11) is 1.74. The third-order valence-corrected chi connectivity index (χ3v) is 7.72. The number of rotatable bonds is 2. The van der Waals surface area contributed by atoms with E-state index in [9.17, 15) is 4.79 Å². The van der Waals surface area contributed by atoms with Crippen LogP contribution in [0.2, 0.25) is 0 Å². The first kappa shape index (κ1) is 15.5. The van der Waals surface area contributed by atoms with Crippen LogP contribution in [0.5, 0.6) is 5.75 Å². The molecule has 0 amide bonds. The molecule has 0 bridgehead atoms. The minimum absolute atomic E-state index is 0.107. The summed E-state index contributed by atoms with van der Waals surface area (Å²) in [5.74, 6) is 1.55. The fourth-order valence-electron chi connectivity index (χ4n) is 6.53. The summed E-state index contributed by atoms with van der Waals surface area (Å²) in [6, 6.07) is 6.57.